The first-order valence-corrected chi connectivity index (χ1v) is 10.9. The van der Waals surface area contributed by atoms with Crippen molar-refractivity contribution < 1.29 is 9.18 Å². The number of nitrogens with zero attached hydrogens (tertiary/aromatic N) is 4. The summed E-state index contributed by atoms with van der Waals surface area (Å²) in [5.74, 6) is -0.0388. The fourth-order valence-electron chi connectivity index (χ4n) is 4.14. The molecule has 0 saturated heterocycles. The molecule has 0 unspecified atom stereocenters. The number of hydrogen-bond donors (Lipinski definition) is 2. The normalized spacial score (nSPS) is 15.8. The number of nitrogen functional groups attached to an aromatic ring is 1. The zero-order valence-corrected chi connectivity index (χ0v) is 18.4. The molecule has 2 aliphatic rings. The predicted molar refractivity (Wildman–Crippen MR) is 127 cm³/mol. The smallest absolute Gasteiger partial charge is 0.323 e. The Kier molecular flexibility index (Phi) is 5.51. The van der Waals surface area contributed by atoms with Crippen molar-refractivity contribution in [3.63, 3.8) is 0 Å². The maximum atomic E-state index is 13.2. The van der Waals surface area contributed by atoms with Gasteiger partial charge in [-0.2, -0.15) is 0 Å². The van der Waals surface area contributed by atoms with Gasteiger partial charge in [0.25, 0.3) is 0 Å². The van der Waals surface area contributed by atoms with Gasteiger partial charge in [0.1, 0.15) is 5.82 Å². The Labute approximate surface area is 191 Å². The Morgan fingerprint density at radius 2 is 1.94 bits per heavy atom. The standard InChI is InChI=1S/C25H25FN6O/c1-31-10-8-16(9-11-31)18-12-19-14-32(15-23(19)28-13-18)25(33)30-24-21(27)6-7-22(29-24)17-2-4-20(26)5-3-17/h2-8,12-13H,9-11,14-15,27H2,1H3,(H,29,30,33). The van der Waals surface area contributed by atoms with Gasteiger partial charge in [0, 0.05) is 31.4 Å². The van der Waals surface area contributed by atoms with Gasteiger partial charge >= 0.3 is 6.03 Å². The monoisotopic (exact) mass is 444 g/mol. The molecule has 7 nitrogen and oxygen atoms in total. The molecule has 2 amide bonds. The van der Waals surface area contributed by atoms with Gasteiger partial charge in [-0.1, -0.05) is 6.08 Å². The molecule has 0 aliphatic carbocycles. The summed E-state index contributed by atoms with van der Waals surface area (Å²) < 4.78 is 13.2. The van der Waals surface area contributed by atoms with Gasteiger partial charge in [0.15, 0.2) is 5.82 Å². The predicted octanol–water partition coefficient (Wildman–Crippen LogP) is 4.13. The van der Waals surface area contributed by atoms with E-state index in [0.29, 0.717) is 24.5 Å². The van der Waals surface area contributed by atoms with Gasteiger partial charge in [-0.3, -0.25) is 10.3 Å². The van der Waals surface area contributed by atoms with E-state index in [2.05, 4.69) is 39.4 Å². The second kappa shape index (κ2) is 8.63. The maximum absolute atomic E-state index is 13.2. The number of aromatic nitrogens is 2. The molecule has 4 heterocycles. The average Bonchev–Trinajstić information content (AvgIpc) is 3.25. The molecule has 0 spiro atoms. The van der Waals surface area contributed by atoms with Crippen molar-refractivity contribution in [1.82, 2.24) is 19.8 Å². The summed E-state index contributed by atoms with van der Waals surface area (Å²) in [5.41, 5.74) is 12.2. The molecule has 0 radical (unpaired) electrons. The lowest BCUT2D eigenvalue weighted by atomic mass is 9.99. The molecule has 0 fully saturated rings. The third-order valence-corrected chi connectivity index (χ3v) is 6.12. The molecule has 33 heavy (non-hydrogen) atoms. The molecule has 2 aromatic heterocycles. The summed E-state index contributed by atoms with van der Waals surface area (Å²) >= 11 is 0. The van der Waals surface area contributed by atoms with Crippen LogP contribution in [0.15, 0.2) is 54.7 Å². The van der Waals surface area contributed by atoms with Gasteiger partial charge in [-0.15, -0.1) is 0 Å². The number of carbonyl (C=O) groups excluding carboxylic acids is 1. The van der Waals surface area contributed by atoms with Crippen LogP contribution in [-0.2, 0) is 13.1 Å². The molecule has 0 atom stereocenters. The Morgan fingerprint density at radius 1 is 1.12 bits per heavy atom. The molecule has 2 aliphatic heterocycles. The molecular weight excluding hydrogens is 419 g/mol. The zero-order valence-electron chi connectivity index (χ0n) is 18.4. The molecule has 0 bridgehead atoms. The quantitative estimate of drug-likeness (QED) is 0.634. The van der Waals surface area contributed by atoms with Crippen molar-refractivity contribution in [2.45, 2.75) is 19.5 Å². The maximum Gasteiger partial charge on any atom is 0.323 e. The van der Waals surface area contributed by atoms with Crippen molar-refractivity contribution in [1.29, 1.82) is 0 Å². The van der Waals surface area contributed by atoms with E-state index in [9.17, 15) is 9.18 Å². The first kappa shape index (κ1) is 21.1. The van der Waals surface area contributed by atoms with Gasteiger partial charge in [0.05, 0.1) is 23.6 Å². The van der Waals surface area contributed by atoms with Gasteiger partial charge in [-0.05, 0) is 72.6 Å². The van der Waals surface area contributed by atoms with Crippen molar-refractivity contribution in [2.75, 3.05) is 31.2 Å². The molecule has 0 saturated carbocycles. The second-order valence-corrected chi connectivity index (χ2v) is 8.50. The van der Waals surface area contributed by atoms with E-state index < -0.39 is 0 Å². The number of likely N-dealkylation sites (N-methyl/N-ethyl adjacent to an activating group) is 1. The van der Waals surface area contributed by atoms with E-state index in [1.54, 1.807) is 29.2 Å². The lowest BCUT2D eigenvalue weighted by molar-refractivity contribution is 0.212. The molecule has 1 aromatic carbocycles. The molecule has 3 aromatic rings. The number of nitrogens with one attached hydrogen (secondary N) is 1. The number of fused-ring (bicyclic) bond motifs is 1. The number of benzene rings is 1. The Bertz CT molecular complexity index is 1240. The van der Waals surface area contributed by atoms with Crippen molar-refractivity contribution in [2.24, 2.45) is 0 Å². The molecule has 8 heteroatoms. The number of amides is 2. The zero-order chi connectivity index (χ0) is 22.9. The van der Waals surface area contributed by atoms with E-state index in [-0.39, 0.29) is 17.7 Å². The van der Waals surface area contributed by atoms with Gasteiger partial charge in [-0.25, -0.2) is 14.2 Å². The first-order valence-electron chi connectivity index (χ1n) is 10.9. The largest absolute Gasteiger partial charge is 0.396 e. The highest BCUT2D eigenvalue weighted by molar-refractivity contribution is 5.92. The number of rotatable bonds is 3. The van der Waals surface area contributed by atoms with Gasteiger partial charge in [0.2, 0.25) is 0 Å². The molecular formula is C25H25FN6O. The SMILES string of the molecule is CN1CC=C(c2cnc3c(c2)CN(C(=O)Nc2nc(-c4ccc(F)cc4)ccc2N)C3)CC1. The van der Waals surface area contributed by atoms with E-state index >= 15 is 0 Å². The fraction of sp³-hybridized carbons (Fsp3) is 0.240. The first-order chi connectivity index (χ1) is 16.0. The third kappa shape index (κ3) is 4.42. The van der Waals surface area contributed by atoms with Crippen molar-refractivity contribution >= 4 is 23.1 Å². The summed E-state index contributed by atoms with van der Waals surface area (Å²) in [5, 5.41) is 2.82. The highest BCUT2D eigenvalue weighted by Crippen LogP contribution is 2.29. The van der Waals surface area contributed by atoms with Crippen LogP contribution in [0.3, 0.4) is 0 Å². The minimum Gasteiger partial charge on any atom is -0.396 e. The lowest BCUT2D eigenvalue weighted by Gasteiger charge is -2.22. The van der Waals surface area contributed by atoms with Crippen LogP contribution in [-0.4, -0.2) is 45.9 Å². The number of nitrogens with two attached hydrogens (primary N) is 1. The number of pyridine rings is 2. The van der Waals surface area contributed by atoms with Crippen LogP contribution in [0, 0.1) is 5.82 Å². The fourth-order valence-corrected chi connectivity index (χ4v) is 4.14. The Balaban J connectivity index is 1.30. The highest BCUT2D eigenvalue weighted by Gasteiger charge is 2.26. The van der Waals surface area contributed by atoms with Crippen LogP contribution in [0.5, 0.6) is 0 Å². The van der Waals surface area contributed by atoms with Gasteiger partial charge < -0.3 is 15.5 Å². The number of hydrogen-bond acceptors (Lipinski definition) is 5. The van der Waals surface area contributed by atoms with Crippen LogP contribution in [0.2, 0.25) is 0 Å². The number of halogens is 1. The van der Waals surface area contributed by atoms with Crippen molar-refractivity contribution in [3.8, 4) is 11.3 Å². The lowest BCUT2D eigenvalue weighted by Crippen LogP contribution is -2.31. The molecule has 3 N–H and O–H groups in total. The Morgan fingerprint density at radius 3 is 2.70 bits per heavy atom. The summed E-state index contributed by atoms with van der Waals surface area (Å²) in [4.78, 5) is 26.1. The third-order valence-electron chi connectivity index (χ3n) is 6.12. The van der Waals surface area contributed by atoms with Crippen LogP contribution >= 0.6 is 0 Å². The summed E-state index contributed by atoms with van der Waals surface area (Å²) in [6.07, 6.45) is 5.15. The number of urea groups is 1. The van der Waals surface area contributed by atoms with Crippen molar-refractivity contribution in [3.05, 3.63) is 77.4 Å². The van der Waals surface area contributed by atoms with Crippen LogP contribution < -0.4 is 11.1 Å². The molecule has 168 valence electrons. The minimum atomic E-state index is -0.319. The highest BCUT2D eigenvalue weighted by atomic mass is 19.1. The van der Waals surface area contributed by atoms with E-state index in [1.807, 2.05) is 6.20 Å². The average molecular weight is 445 g/mol. The van der Waals surface area contributed by atoms with Crippen LogP contribution in [0.25, 0.3) is 16.8 Å². The second-order valence-electron chi connectivity index (χ2n) is 8.50. The summed E-state index contributed by atoms with van der Waals surface area (Å²) in [6, 6.07) is 11.3. The minimum absolute atomic E-state index is 0.280. The van der Waals surface area contributed by atoms with E-state index in [0.717, 1.165) is 41.9 Å². The summed E-state index contributed by atoms with van der Waals surface area (Å²) in [6.45, 7) is 2.88. The number of carbonyl (C=O) groups is 1. The topological polar surface area (TPSA) is 87.4 Å². The molecule has 5 rings (SSSR count). The van der Waals surface area contributed by atoms with Crippen LogP contribution in [0.1, 0.15) is 23.2 Å². The summed E-state index contributed by atoms with van der Waals surface area (Å²) in [7, 11) is 2.11. The van der Waals surface area contributed by atoms with E-state index in [1.165, 1.54) is 17.7 Å². The Hall–Kier alpha value is -3.78. The van der Waals surface area contributed by atoms with Crippen LogP contribution in [0.4, 0.5) is 20.7 Å². The van der Waals surface area contributed by atoms with E-state index in [4.69, 9.17) is 5.73 Å². The number of anilines is 2.